The zero-order valence-corrected chi connectivity index (χ0v) is 14.9. The Kier molecular flexibility index (Phi) is 6.50. The van der Waals surface area contributed by atoms with Crippen molar-refractivity contribution in [3.05, 3.63) is 24.2 Å². The summed E-state index contributed by atoms with van der Waals surface area (Å²) in [7, 11) is 0. The molecule has 0 spiro atoms. The molecule has 2 amide bonds. The number of hydrogen-bond donors (Lipinski definition) is 1. The van der Waals surface area contributed by atoms with E-state index in [1.165, 1.54) is 44.8 Å². The third kappa shape index (κ3) is 5.08. The van der Waals surface area contributed by atoms with Crippen LogP contribution in [-0.2, 0) is 4.79 Å². The molecule has 6 nitrogen and oxygen atoms in total. The second-order valence-electron chi connectivity index (χ2n) is 7.04. The fourth-order valence-electron chi connectivity index (χ4n) is 3.74. The van der Waals surface area contributed by atoms with Crippen LogP contribution in [0.4, 0.5) is 0 Å². The van der Waals surface area contributed by atoms with Gasteiger partial charge in [0.1, 0.15) is 0 Å². The fourth-order valence-corrected chi connectivity index (χ4v) is 3.74. The highest BCUT2D eigenvalue weighted by Crippen LogP contribution is 2.17. The van der Waals surface area contributed by atoms with E-state index in [1.54, 1.807) is 17.0 Å². The molecule has 1 N–H and O–H groups in total. The molecule has 0 atom stereocenters. The summed E-state index contributed by atoms with van der Waals surface area (Å²) in [5.41, 5.74) is 0. The molecule has 1 saturated carbocycles. The summed E-state index contributed by atoms with van der Waals surface area (Å²) in [5, 5.41) is 3.55. The van der Waals surface area contributed by atoms with E-state index in [0.29, 0.717) is 44.4 Å². The van der Waals surface area contributed by atoms with E-state index in [9.17, 15) is 9.59 Å². The van der Waals surface area contributed by atoms with Gasteiger partial charge in [0.15, 0.2) is 5.76 Å². The number of rotatable bonds is 5. The quantitative estimate of drug-likeness (QED) is 0.830. The largest absolute Gasteiger partial charge is 0.459 e. The van der Waals surface area contributed by atoms with Gasteiger partial charge in [-0.25, -0.2) is 0 Å². The lowest BCUT2D eigenvalue weighted by Gasteiger charge is -2.34. The van der Waals surface area contributed by atoms with Crippen LogP contribution in [0.25, 0.3) is 0 Å². The molecule has 1 aromatic heterocycles. The topological polar surface area (TPSA) is 65.8 Å². The van der Waals surface area contributed by atoms with E-state index in [-0.39, 0.29) is 11.8 Å². The van der Waals surface area contributed by atoms with Crippen LogP contribution in [0.1, 0.15) is 55.5 Å². The highest BCUT2D eigenvalue weighted by atomic mass is 16.3. The number of amides is 2. The molecule has 2 heterocycles. The Morgan fingerprint density at radius 1 is 1.04 bits per heavy atom. The Hall–Kier alpha value is -1.82. The van der Waals surface area contributed by atoms with E-state index in [1.807, 2.05) is 4.90 Å². The highest BCUT2D eigenvalue weighted by molar-refractivity contribution is 5.91. The average Bonchev–Trinajstić information content (AvgIpc) is 3.06. The second-order valence-corrected chi connectivity index (χ2v) is 7.04. The molecule has 1 saturated heterocycles. The summed E-state index contributed by atoms with van der Waals surface area (Å²) in [5.74, 6) is 0.464. The van der Waals surface area contributed by atoms with Gasteiger partial charge in [0, 0.05) is 45.2 Å². The highest BCUT2D eigenvalue weighted by Gasteiger charge is 2.25. The number of piperazine rings is 1. The number of nitrogens with zero attached hydrogens (tertiary/aromatic N) is 2. The molecule has 2 aliphatic rings. The van der Waals surface area contributed by atoms with Gasteiger partial charge in [0.05, 0.1) is 6.26 Å². The van der Waals surface area contributed by atoms with Gasteiger partial charge >= 0.3 is 0 Å². The molecule has 1 aliphatic heterocycles. The third-order valence-corrected chi connectivity index (χ3v) is 5.28. The van der Waals surface area contributed by atoms with Crippen molar-refractivity contribution in [2.75, 3.05) is 32.7 Å². The minimum Gasteiger partial charge on any atom is -0.459 e. The molecule has 0 unspecified atom stereocenters. The maximum absolute atomic E-state index is 12.4. The van der Waals surface area contributed by atoms with Crippen molar-refractivity contribution < 1.29 is 14.0 Å². The van der Waals surface area contributed by atoms with Crippen molar-refractivity contribution in [2.45, 2.75) is 51.0 Å². The monoisotopic (exact) mass is 347 g/mol. The molecule has 6 heteroatoms. The molecule has 1 aromatic rings. The number of nitrogens with one attached hydrogen (secondary N) is 1. The zero-order valence-electron chi connectivity index (χ0n) is 14.9. The minimum atomic E-state index is -0.0906. The van der Waals surface area contributed by atoms with Gasteiger partial charge in [-0.2, -0.15) is 0 Å². The van der Waals surface area contributed by atoms with E-state index in [4.69, 9.17) is 4.42 Å². The normalized spacial score (nSPS) is 19.7. The lowest BCUT2D eigenvalue weighted by molar-refractivity contribution is -0.132. The summed E-state index contributed by atoms with van der Waals surface area (Å²) in [6.45, 7) is 3.11. The first-order valence-corrected chi connectivity index (χ1v) is 9.58. The zero-order chi connectivity index (χ0) is 17.5. The molecule has 3 rings (SSSR count). The Morgan fingerprint density at radius 2 is 1.72 bits per heavy atom. The molecule has 0 aromatic carbocycles. The van der Waals surface area contributed by atoms with Crippen molar-refractivity contribution in [1.29, 1.82) is 0 Å². The first-order valence-electron chi connectivity index (χ1n) is 9.58. The first-order chi connectivity index (χ1) is 12.2. The van der Waals surface area contributed by atoms with Crippen molar-refractivity contribution in [1.82, 2.24) is 15.1 Å². The van der Waals surface area contributed by atoms with Crippen LogP contribution in [0.5, 0.6) is 0 Å². The maximum atomic E-state index is 12.4. The Morgan fingerprint density at radius 3 is 2.36 bits per heavy atom. The van der Waals surface area contributed by atoms with Gasteiger partial charge in [0.2, 0.25) is 5.91 Å². The SMILES string of the molecule is O=C(CCNC1CCCCCC1)N1CCN(C(=O)c2ccco2)CC1. The van der Waals surface area contributed by atoms with Gasteiger partial charge in [0.25, 0.3) is 5.91 Å². The van der Waals surface area contributed by atoms with Gasteiger partial charge in [-0.3, -0.25) is 9.59 Å². The van der Waals surface area contributed by atoms with Crippen molar-refractivity contribution >= 4 is 11.8 Å². The Labute approximate surface area is 149 Å². The van der Waals surface area contributed by atoms with Crippen LogP contribution < -0.4 is 5.32 Å². The van der Waals surface area contributed by atoms with Gasteiger partial charge in [-0.1, -0.05) is 25.7 Å². The maximum Gasteiger partial charge on any atom is 0.289 e. The molecular weight excluding hydrogens is 318 g/mol. The Bertz CT molecular complexity index is 542. The average molecular weight is 347 g/mol. The van der Waals surface area contributed by atoms with E-state index in [2.05, 4.69) is 5.32 Å². The van der Waals surface area contributed by atoms with Crippen LogP contribution >= 0.6 is 0 Å². The third-order valence-electron chi connectivity index (χ3n) is 5.28. The summed E-state index contributed by atoms with van der Waals surface area (Å²) in [6, 6.07) is 3.98. The van der Waals surface area contributed by atoms with Crippen molar-refractivity contribution in [2.24, 2.45) is 0 Å². The number of carbonyl (C=O) groups is 2. The Balaban J connectivity index is 1.36. The number of carbonyl (C=O) groups excluding carboxylic acids is 2. The lowest BCUT2D eigenvalue weighted by atomic mass is 10.1. The summed E-state index contributed by atoms with van der Waals surface area (Å²) in [6.07, 6.45) is 9.82. The lowest BCUT2D eigenvalue weighted by Crippen LogP contribution is -2.51. The molecule has 1 aliphatic carbocycles. The molecule has 138 valence electrons. The van der Waals surface area contributed by atoms with Crippen molar-refractivity contribution in [3.8, 4) is 0 Å². The second kappa shape index (κ2) is 9.04. The van der Waals surface area contributed by atoms with E-state index in [0.717, 1.165) is 6.54 Å². The molecule has 25 heavy (non-hydrogen) atoms. The van der Waals surface area contributed by atoms with E-state index >= 15 is 0 Å². The van der Waals surface area contributed by atoms with E-state index < -0.39 is 0 Å². The molecule has 0 bridgehead atoms. The van der Waals surface area contributed by atoms with Crippen LogP contribution in [-0.4, -0.2) is 60.4 Å². The molecular formula is C19H29N3O3. The predicted octanol–water partition coefficient (Wildman–Crippen LogP) is 2.27. The van der Waals surface area contributed by atoms with Gasteiger partial charge in [-0.15, -0.1) is 0 Å². The fraction of sp³-hybridized carbons (Fsp3) is 0.684. The number of furan rings is 1. The van der Waals surface area contributed by atoms with Crippen LogP contribution in [0.2, 0.25) is 0 Å². The standard InChI is InChI=1S/C19H29N3O3/c23-18(9-10-20-16-6-3-1-2-4-7-16)21-11-13-22(14-12-21)19(24)17-8-5-15-25-17/h5,8,15-16,20H,1-4,6-7,9-14H2. The molecule has 2 fully saturated rings. The van der Waals surface area contributed by atoms with Crippen LogP contribution in [0, 0.1) is 0 Å². The number of hydrogen-bond acceptors (Lipinski definition) is 4. The van der Waals surface area contributed by atoms with Gasteiger partial charge < -0.3 is 19.5 Å². The van der Waals surface area contributed by atoms with Gasteiger partial charge in [-0.05, 0) is 25.0 Å². The smallest absolute Gasteiger partial charge is 0.289 e. The molecule has 0 radical (unpaired) electrons. The first kappa shape index (κ1) is 18.0. The van der Waals surface area contributed by atoms with Crippen LogP contribution in [0.3, 0.4) is 0 Å². The summed E-state index contributed by atoms with van der Waals surface area (Å²) in [4.78, 5) is 28.2. The summed E-state index contributed by atoms with van der Waals surface area (Å²) < 4.78 is 5.16. The predicted molar refractivity (Wildman–Crippen MR) is 95.3 cm³/mol. The van der Waals surface area contributed by atoms with Crippen LogP contribution in [0.15, 0.2) is 22.8 Å². The summed E-state index contributed by atoms with van der Waals surface area (Å²) >= 11 is 0. The van der Waals surface area contributed by atoms with Crippen molar-refractivity contribution in [3.63, 3.8) is 0 Å². The minimum absolute atomic E-state index is 0.0906.